The zero-order valence-electron chi connectivity index (χ0n) is 7.96. The molecule has 0 aliphatic carbocycles. The average Bonchev–Trinajstić information content (AvgIpc) is 2.52. The van der Waals surface area contributed by atoms with E-state index in [2.05, 4.69) is 21.2 Å². The lowest BCUT2D eigenvalue weighted by Gasteiger charge is -2.20. The third kappa shape index (κ3) is 3.42. The minimum absolute atomic E-state index is 0.265. The van der Waals surface area contributed by atoms with Crippen molar-refractivity contribution in [2.75, 3.05) is 13.2 Å². The molecule has 3 N–H and O–H groups in total. The molecule has 0 spiro atoms. The monoisotopic (exact) mass is 263 g/mol. The highest BCUT2D eigenvalue weighted by atomic mass is 79.9. The third-order valence-corrected chi connectivity index (χ3v) is 2.53. The maximum Gasteiger partial charge on any atom is 0.131 e. The van der Waals surface area contributed by atoms with E-state index >= 15 is 0 Å². The Morgan fingerprint density at radius 1 is 1.64 bits per heavy atom. The number of aliphatic hydroxyl groups is 2. The van der Waals surface area contributed by atoms with Gasteiger partial charge in [0.2, 0.25) is 0 Å². The van der Waals surface area contributed by atoms with Crippen molar-refractivity contribution in [2.24, 2.45) is 0 Å². The Kier molecular flexibility index (Phi) is 4.12. The molecule has 1 heterocycles. The molecule has 4 nitrogen and oxygen atoms in total. The van der Waals surface area contributed by atoms with Crippen LogP contribution in [0.2, 0.25) is 0 Å². The van der Waals surface area contributed by atoms with Gasteiger partial charge >= 0.3 is 0 Å². The number of nitrogens with one attached hydrogen (secondary N) is 1. The summed E-state index contributed by atoms with van der Waals surface area (Å²) in [6.07, 6.45) is 1.59. The minimum atomic E-state index is -1.08. The first-order valence-electron chi connectivity index (χ1n) is 4.31. The smallest absolute Gasteiger partial charge is 0.131 e. The summed E-state index contributed by atoms with van der Waals surface area (Å²) in [4.78, 5) is 0. The molecule has 5 heteroatoms. The summed E-state index contributed by atoms with van der Waals surface area (Å²) >= 11 is 3.32. The molecule has 0 amide bonds. The van der Waals surface area contributed by atoms with E-state index in [1.807, 2.05) is 0 Å². The van der Waals surface area contributed by atoms with Crippen molar-refractivity contribution in [1.29, 1.82) is 0 Å². The molecular weight excluding hydrogens is 250 g/mol. The predicted molar refractivity (Wildman–Crippen MR) is 55.8 cm³/mol. The number of hydrogen-bond donors (Lipinski definition) is 3. The van der Waals surface area contributed by atoms with Gasteiger partial charge in [-0.2, -0.15) is 0 Å². The number of furan rings is 1. The molecule has 1 aromatic heterocycles. The zero-order chi connectivity index (χ0) is 10.6. The van der Waals surface area contributed by atoms with Gasteiger partial charge in [-0.1, -0.05) is 0 Å². The fourth-order valence-corrected chi connectivity index (χ4v) is 1.29. The lowest BCUT2D eigenvalue weighted by molar-refractivity contribution is 0.00226. The molecule has 0 aliphatic rings. The van der Waals surface area contributed by atoms with Crippen LogP contribution >= 0.6 is 15.9 Å². The van der Waals surface area contributed by atoms with Crippen LogP contribution in [-0.2, 0) is 6.54 Å². The van der Waals surface area contributed by atoms with Crippen LogP contribution in [0, 0.1) is 0 Å². The second-order valence-electron chi connectivity index (χ2n) is 3.45. The number of hydrogen-bond acceptors (Lipinski definition) is 4. The van der Waals surface area contributed by atoms with Crippen LogP contribution in [0.3, 0.4) is 0 Å². The number of rotatable bonds is 5. The number of aliphatic hydroxyl groups excluding tert-OH is 1. The fourth-order valence-electron chi connectivity index (χ4n) is 0.952. The van der Waals surface area contributed by atoms with E-state index in [9.17, 15) is 5.11 Å². The van der Waals surface area contributed by atoms with Crippen LogP contribution in [-0.4, -0.2) is 29.0 Å². The molecule has 0 saturated carbocycles. The van der Waals surface area contributed by atoms with E-state index in [1.54, 1.807) is 19.3 Å². The summed E-state index contributed by atoms with van der Waals surface area (Å²) in [6, 6.07) is 1.81. The van der Waals surface area contributed by atoms with Crippen LogP contribution in [0.25, 0.3) is 0 Å². The Labute approximate surface area is 91.1 Å². The maximum atomic E-state index is 9.47. The standard InChI is InChI=1S/C9H14BrNO3/c1-9(13,6-12)5-11-4-8-7(10)2-3-14-8/h2-3,11-13H,4-6H2,1H3. The molecule has 80 valence electrons. The molecular formula is C9H14BrNO3. The quantitative estimate of drug-likeness (QED) is 0.738. The van der Waals surface area contributed by atoms with Gasteiger partial charge in [-0.3, -0.25) is 0 Å². The van der Waals surface area contributed by atoms with Crippen molar-refractivity contribution >= 4 is 15.9 Å². The summed E-state index contributed by atoms with van der Waals surface area (Å²) in [6.45, 7) is 2.14. The van der Waals surface area contributed by atoms with E-state index in [1.165, 1.54) is 0 Å². The first-order chi connectivity index (χ1) is 6.55. The maximum absolute atomic E-state index is 9.47. The molecule has 0 fully saturated rings. The van der Waals surface area contributed by atoms with Gasteiger partial charge in [0, 0.05) is 6.54 Å². The van der Waals surface area contributed by atoms with Gasteiger partial charge < -0.3 is 19.9 Å². The molecule has 0 aliphatic heterocycles. The van der Waals surface area contributed by atoms with Gasteiger partial charge in [0.25, 0.3) is 0 Å². The highest BCUT2D eigenvalue weighted by molar-refractivity contribution is 9.10. The summed E-state index contributed by atoms with van der Waals surface area (Å²) in [5.74, 6) is 0.777. The fraction of sp³-hybridized carbons (Fsp3) is 0.556. The van der Waals surface area contributed by atoms with E-state index in [0.29, 0.717) is 13.1 Å². The molecule has 14 heavy (non-hydrogen) atoms. The van der Waals surface area contributed by atoms with Crippen LogP contribution in [0.5, 0.6) is 0 Å². The Hall–Kier alpha value is -0.360. The first-order valence-corrected chi connectivity index (χ1v) is 5.10. The SMILES string of the molecule is CC(O)(CO)CNCc1occc1Br. The van der Waals surface area contributed by atoms with Gasteiger partial charge in [-0.15, -0.1) is 0 Å². The lowest BCUT2D eigenvalue weighted by atomic mass is 10.1. The van der Waals surface area contributed by atoms with E-state index in [-0.39, 0.29) is 6.61 Å². The highest BCUT2D eigenvalue weighted by Gasteiger charge is 2.18. The highest BCUT2D eigenvalue weighted by Crippen LogP contribution is 2.17. The Morgan fingerprint density at radius 3 is 2.86 bits per heavy atom. The van der Waals surface area contributed by atoms with Gasteiger partial charge in [0.1, 0.15) is 5.76 Å². The van der Waals surface area contributed by atoms with Crippen LogP contribution in [0.4, 0.5) is 0 Å². The van der Waals surface area contributed by atoms with Crippen LogP contribution in [0.15, 0.2) is 21.2 Å². The molecule has 0 radical (unpaired) electrons. The Balaban J connectivity index is 2.32. The van der Waals surface area contributed by atoms with Crippen LogP contribution in [0.1, 0.15) is 12.7 Å². The second-order valence-corrected chi connectivity index (χ2v) is 4.30. The molecule has 0 bridgehead atoms. The summed E-state index contributed by atoms with van der Waals surface area (Å²) in [5, 5.41) is 21.2. The molecule has 1 aromatic rings. The predicted octanol–water partition coefficient (Wildman–Crippen LogP) is 0.875. The van der Waals surface area contributed by atoms with Crippen molar-refractivity contribution in [3.63, 3.8) is 0 Å². The molecule has 1 unspecified atom stereocenters. The van der Waals surface area contributed by atoms with E-state index in [4.69, 9.17) is 9.52 Å². The second kappa shape index (κ2) is 4.93. The van der Waals surface area contributed by atoms with E-state index < -0.39 is 5.60 Å². The van der Waals surface area contributed by atoms with Crippen molar-refractivity contribution in [3.8, 4) is 0 Å². The van der Waals surface area contributed by atoms with Gasteiger partial charge in [-0.25, -0.2) is 0 Å². The molecule has 1 atom stereocenters. The Morgan fingerprint density at radius 2 is 2.36 bits per heavy atom. The minimum Gasteiger partial charge on any atom is -0.467 e. The summed E-state index contributed by atoms with van der Waals surface area (Å²) in [5.41, 5.74) is -1.08. The first kappa shape index (κ1) is 11.7. The van der Waals surface area contributed by atoms with Crippen molar-refractivity contribution in [2.45, 2.75) is 19.1 Å². The van der Waals surface area contributed by atoms with Gasteiger partial charge in [0.05, 0.1) is 29.5 Å². The van der Waals surface area contributed by atoms with Crippen LogP contribution < -0.4 is 5.32 Å². The third-order valence-electron chi connectivity index (χ3n) is 1.82. The van der Waals surface area contributed by atoms with E-state index in [0.717, 1.165) is 10.2 Å². The van der Waals surface area contributed by atoms with Crippen molar-refractivity contribution in [1.82, 2.24) is 5.32 Å². The molecule has 0 saturated heterocycles. The normalized spacial score (nSPS) is 15.4. The van der Waals surface area contributed by atoms with Crippen molar-refractivity contribution < 1.29 is 14.6 Å². The number of halogens is 1. The van der Waals surface area contributed by atoms with Crippen molar-refractivity contribution in [3.05, 3.63) is 22.6 Å². The Bertz CT molecular complexity index is 285. The molecule has 0 aromatic carbocycles. The summed E-state index contributed by atoms with van der Waals surface area (Å²) in [7, 11) is 0. The zero-order valence-corrected chi connectivity index (χ0v) is 9.54. The topological polar surface area (TPSA) is 65.6 Å². The van der Waals surface area contributed by atoms with Gasteiger partial charge in [0.15, 0.2) is 0 Å². The van der Waals surface area contributed by atoms with Gasteiger partial charge in [-0.05, 0) is 28.9 Å². The average molecular weight is 264 g/mol. The largest absolute Gasteiger partial charge is 0.467 e. The lowest BCUT2D eigenvalue weighted by Crippen LogP contribution is -2.40. The summed E-state index contributed by atoms with van der Waals surface area (Å²) < 4.78 is 6.06. The molecule has 1 rings (SSSR count).